The van der Waals surface area contributed by atoms with Gasteiger partial charge in [0.05, 0.1) is 0 Å². The average Bonchev–Trinajstić information content (AvgIpc) is 2.08. The Kier molecular flexibility index (Phi) is 2.54. The summed E-state index contributed by atoms with van der Waals surface area (Å²) in [6, 6.07) is 0. The lowest BCUT2D eigenvalue weighted by Gasteiger charge is -2.02. The van der Waals surface area contributed by atoms with Gasteiger partial charge in [0.2, 0.25) is 0 Å². The van der Waals surface area contributed by atoms with Crippen LogP contribution in [-0.4, -0.2) is 15.0 Å². The van der Waals surface area contributed by atoms with Crippen LogP contribution in [-0.2, 0) is 0 Å². The van der Waals surface area contributed by atoms with Gasteiger partial charge < -0.3 is 15.2 Å². The summed E-state index contributed by atoms with van der Waals surface area (Å²) in [5, 5.41) is 18.8. The van der Waals surface area contributed by atoms with Gasteiger partial charge in [0, 0.05) is 0 Å². The third-order valence-corrected chi connectivity index (χ3v) is 1.40. The van der Waals surface area contributed by atoms with Crippen LogP contribution in [0.4, 0.5) is 19.0 Å². The van der Waals surface area contributed by atoms with E-state index in [0.717, 1.165) is 0 Å². The van der Waals surface area contributed by atoms with Gasteiger partial charge in [0.25, 0.3) is 6.43 Å². The van der Waals surface area contributed by atoms with Gasteiger partial charge >= 0.3 is 5.82 Å². The molecule has 0 aliphatic heterocycles. The molecule has 76 valence electrons. The van der Waals surface area contributed by atoms with Gasteiger partial charge in [-0.1, -0.05) is 0 Å². The minimum atomic E-state index is -3.41. The lowest BCUT2D eigenvalue weighted by molar-refractivity contribution is -0.391. The SMILES string of the molecule is O=[N+]([O-])c1ncc(O)c(F)c1C(F)F. The summed E-state index contributed by atoms with van der Waals surface area (Å²) in [5.41, 5.74) is -1.50. The largest absolute Gasteiger partial charge is 0.502 e. The van der Waals surface area contributed by atoms with E-state index in [4.69, 9.17) is 5.11 Å². The maximum atomic E-state index is 12.8. The summed E-state index contributed by atoms with van der Waals surface area (Å²) in [5.74, 6) is -4.16. The lowest BCUT2D eigenvalue weighted by atomic mass is 10.2. The molecule has 1 heterocycles. The van der Waals surface area contributed by atoms with Crippen molar-refractivity contribution >= 4 is 5.82 Å². The zero-order chi connectivity index (χ0) is 10.9. The Morgan fingerprint density at radius 2 is 2.14 bits per heavy atom. The van der Waals surface area contributed by atoms with Gasteiger partial charge in [0.1, 0.15) is 0 Å². The average molecular weight is 208 g/mol. The standard InChI is InChI=1S/C6H3F3N2O3/c7-4-2(12)1-10-6(11(13)14)3(4)5(8)9/h1,5,12H. The molecule has 1 N–H and O–H groups in total. The Morgan fingerprint density at radius 1 is 1.57 bits per heavy atom. The monoisotopic (exact) mass is 208 g/mol. The number of hydrogen-bond acceptors (Lipinski definition) is 4. The molecule has 0 fully saturated rings. The van der Waals surface area contributed by atoms with Crippen LogP contribution in [0.15, 0.2) is 6.20 Å². The van der Waals surface area contributed by atoms with Crippen LogP contribution in [0, 0.1) is 15.9 Å². The molecule has 1 aromatic heterocycles. The van der Waals surface area contributed by atoms with Crippen LogP contribution < -0.4 is 0 Å². The quantitative estimate of drug-likeness (QED) is 0.593. The number of hydrogen-bond donors (Lipinski definition) is 1. The maximum absolute atomic E-state index is 12.8. The number of alkyl halides is 2. The predicted molar refractivity (Wildman–Crippen MR) is 37.5 cm³/mol. The van der Waals surface area contributed by atoms with Crippen molar-refractivity contribution in [3.05, 3.63) is 27.7 Å². The molecule has 0 bridgehead atoms. The van der Waals surface area contributed by atoms with Crippen molar-refractivity contribution in [2.75, 3.05) is 0 Å². The van der Waals surface area contributed by atoms with E-state index in [2.05, 4.69) is 4.98 Å². The summed E-state index contributed by atoms with van der Waals surface area (Å²) in [4.78, 5) is 11.8. The molecule has 0 aliphatic carbocycles. The van der Waals surface area contributed by atoms with E-state index in [1.807, 2.05) is 0 Å². The Labute approximate surface area is 75.0 Å². The topological polar surface area (TPSA) is 76.3 Å². The van der Waals surface area contributed by atoms with E-state index in [1.165, 1.54) is 0 Å². The molecule has 0 aromatic carbocycles. The molecule has 0 atom stereocenters. The second kappa shape index (κ2) is 3.48. The van der Waals surface area contributed by atoms with Crippen molar-refractivity contribution in [2.24, 2.45) is 0 Å². The van der Waals surface area contributed by atoms with Gasteiger partial charge in [0.15, 0.2) is 23.3 Å². The zero-order valence-corrected chi connectivity index (χ0v) is 6.45. The highest BCUT2D eigenvalue weighted by molar-refractivity contribution is 5.39. The van der Waals surface area contributed by atoms with E-state index in [9.17, 15) is 23.3 Å². The molecule has 0 amide bonds. The van der Waals surface area contributed by atoms with Crippen molar-refractivity contribution in [3.8, 4) is 5.75 Å². The first-order valence-electron chi connectivity index (χ1n) is 3.25. The molecule has 1 rings (SSSR count). The summed E-state index contributed by atoms with van der Waals surface area (Å²) < 4.78 is 37.1. The fourth-order valence-corrected chi connectivity index (χ4v) is 0.824. The van der Waals surface area contributed by atoms with Crippen LogP contribution in [0.1, 0.15) is 12.0 Å². The minimum absolute atomic E-state index is 0.402. The number of halogens is 3. The molecular weight excluding hydrogens is 205 g/mol. The lowest BCUT2D eigenvalue weighted by Crippen LogP contribution is -2.02. The van der Waals surface area contributed by atoms with E-state index in [-0.39, 0.29) is 0 Å². The van der Waals surface area contributed by atoms with Gasteiger partial charge in [-0.3, -0.25) is 0 Å². The van der Waals surface area contributed by atoms with Crippen LogP contribution >= 0.6 is 0 Å². The highest BCUT2D eigenvalue weighted by atomic mass is 19.3. The van der Waals surface area contributed by atoms with Crippen molar-refractivity contribution in [1.82, 2.24) is 4.98 Å². The Bertz CT molecular complexity index is 383. The molecule has 0 saturated carbocycles. The normalized spacial score (nSPS) is 10.6. The van der Waals surface area contributed by atoms with E-state index < -0.39 is 34.3 Å². The van der Waals surface area contributed by atoms with E-state index >= 15 is 0 Å². The van der Waals surface area contributed by atoms with Crippen LogP contribution in [0.5, 0.6) is 5.75 Å². The van der Waals surface area contributed by atoms with E-state index in [0.29, 0.717) is 6.20 Å². The first-order chi connectivity index (χ1) is 6.45. The number of rotatable bonds is 2. The number of aromatic nitrogens is 1. The smallest absolute Gasteiger partial charge is 0.375 e. The molecule has 14 heavy (non-hydrogen) atoms. The van der Waals surface area contributed by atoms with Gasteiger partial charge in [-0.25, -0.2) is 13.2 Å². The fourth-order valence-electron chi connectivity index (χ4n) is 0.824. The maximum Gasteiger partial charge on any atom is 0.375 e. The van der Waals surface area contributed by atoms with Gasteiger partial charge in [-0.2, -0.15) is 0 Å². The molecule has 1 aromatic rings. The van der Waals surface area contributed by atoms with Crippen LogP contribution in [0.2, 0.25) is 0 Å². The summed E-state index contributed by atoms with van der Waals surface area (Å²) in [6.45, 7) is 0. The van der Waals surface area contributed by atoms with Gasteiger partial charge in [-0.15, -0.1) is 0 Å². The molecule has 0 spiro atoms. The Morgan fingerprint density at radius 3 is 2.57 bits per heavy atom. The minimum Gasteiger partial charge on any atom is -0.502 e. The third-order valence-electron chi connectivity index (χ3n) is 1.40. The third kappa shape index (κ3) is 1.58. The first kappa shape index (κ1) is 10.2. The molecule has 0 radical (unpaired) electrons. The fraction of sp³-hybridized carbons (Fsp3) is 0.167. The van der Waals surface area contributed by atoms with Gasteiger partial charge in [-0.05, 0) is 9.91 Å². The molecule has 5 nitrogen and oxygen atoms in total. The van der Waals surface area contributed by atoms with Crippen molar-refractivity contribution in [2.45, 2.75) is 6.43 Å². The van der Waals surface area contributed by atoms with Crippen molar-refractivity contribution < 1.29 is 23.2 Å². The van der Waals surface area contributed by atoms with E-state index in [1.54, 1.807) is 0 Å². The van der Waals surface area contributed by atoms with Crippen molar-refractivity contribution in [1.29, 1.82) is 0 Å². The molecule has 0 saturated heterocycles. The number of pyridine rings is 1. The number of aromatic hydroxyl groups is 1. The Hall–Kier alpha value is -1.86. The second-order valence-corrected chi connectivity index (χ2v) is 2.25. The van der Waals surface area contributed by atoms with Crippen LogP contribution in [0.25, 0.3) is 0 Å². The zero-order valence-electron chi connectivity index (χ0n) is 6.45. The van der Waals surface area contributed by atoms with Crippen LogP contribution in [0.3, 0.4) is 0 Å². The number of nitrogens with zero attached hydrogens (tertiary/aromatic N) is 2. The highest BCUT2D eigenvalue weighted by Crippen LogP contribution is 2.33. The number of nitro groups is 1. The Balaban J connectivity index is 3.45. The molecule has 0 aliphatic rings. The second-order valence-electron chi connectivity index (χ2n) is 2.25. The molecular formula is C6H3F3N2O3. The molecule has 8 heteroatoms. The highest BCUT2D eigenvalue weighted by Gasteiger charge is 2.30. The predicted octanol–water partition coefficient (Wildman–Crippen LogP) is 1.77. The molecule has 0 unspecified atom stereocenters. The summed E-state index contributed by atoms with van der Waals surface area (Å²) in [7, 11) is 0. The first-order valence-corrected chi connectivity index (χ1v) is 3.25. The van der Waals surface area contributed by atoms with Crippen molar-refractivity contribution in [3.63, 3.8) is 0 Å². The summed E-state index contributed by atoms with van der Waals surface area (Å²) >= 11 is 0. The summed E-state index contributed by atoms with van der Waals surface area (Å²) in [6.07, 6.45) is -3.01.